The predicted molar refractivity (Wildman–Crippen MR) is 75.7 cm³/mol. The van der Waals surface area contributed by atoms with Gasteiger partial charge in [-0.2, -0.15) is 0 Å². The number of para-hydroxylation sites is 1. The molecule has 4 heteroatoms. The average molecular weight is 255 g/mol. The molecule has 0 saturated carbocycles. The summed E-state index contributed by atoms with van der Waals surface area (Å²) in [5, 5.41) is 3.27. The van der Waals surface area contributed by atoms with E-state index in [1.165, 1.54) is 5.56 Å². The molecule has 0 bridgehead atoms. The topological polar surface area (TPSA) is 39.1 Å². The number of aromatic nitrogens is 2. The lowest BCUT2D eigenvalue weighted by molar-refractivity contribution is 0.317. The van der Waals surface area contributed by atoms with E-state index in [-0.39, 0.29) is 6.04 Å². The summed E-state index contributed by atoms with van der Waals surface area (Å²) in [5.74, 6) is 1.83. The Labute approximate surface area is 112 Å². The Kier molecular flexibility index (Phi) is 2.99. The number of hydrogen-bond donors (Lipinski definition) is 1. The minimum atomic E-state index is 0.185. The molecular weight excluding hydrogens is 238 g/mol. The van der Waals surface area contributed by atoms with Crippen molar-refractivity contribution >= 4 is 5.95 Å². The zero-order valence-electron chi connectivity index (χ0n) is 11.0. The summed E-state index contributed by atoms with van der Waals surface area (Å²) >= 11 is 0. The van der Waals surface area contributed by atoms with E-state index in [0.717, 1.165) is 17.4 Å². The first-order valence-electron chi connectivity index (χ1n) is 6.41. The fraction of sp³-hybridized carbons (Fsp3) is 0.267. The summed E-state index contributed by atoms with van der Waals surface area (Å²) in [6.07, 6.45) is 3.88. The van der Waals surface area contributed by atoms with Crippen molar-refractivity contribution in [3.05, 3.63) is 54.4 Å². The molecule has 0 fully saturated rings. The number of nitrogens with one attached hydrogen (secondary N) is 1. The standard InChI is InChI=1S/C15H17N3O/c1-3-8-16-15-17-11(2)9-18(15)13-10-19-14-7-5-4-6-12(13)14/h3-7,9,13H,1,8,10H2,2H3,(H,16,17). The van der Waals surface area contributed by atoms with E-state index >= 15 is 0 Å². The van der Waals surface area contributed by atoms with Gasteiger partial charge in [0.25, 0.3) is 0 Å². The molecule has 98 valence electrons. The van der Waals surface area contributed by atoms with Gasteiger partial charge in [0.15, 0.2) is 0 Å². The summed E-state index contributed by atoms with van der Waals surface area (Å²) in [5.41, 5.74) is 2.21. The Balaban J connectivity index is 1.97. The number of fused-ring (bicyclic) bond motifs is 1. The van der Waals surface area contributed by atoms with Crippen molar-refractivity contribution in [2.75, 3.05) is 18.5 Å². The van der Waals surface area contributed by atoms with Crippen LogP contribution < -0.4 is 10.1 Å². The van der Waals surface area contributed by atoms with E-state index in [1.807, 2.05) is 31.2 Å². The van der Waals surface area contributed by atoms with Gasteiger partial charge < -0.3 is 14.6 Å². The van der Waals surface area contributed by atoms with Crippen molar-refractivity contribution in [2.45, 2.75) is 13.0 Å². The van der Waals surface area contributed by atoms with Crippen molar-refractivity contribution in [3.8, 4) is 5.75 Å². The monoisotopic (exact) mass is 255 g/mol. The van der Waals surface area contributed by atoms with Gasteiger partial charge in [-0.1, -0.05) is 24.3 Å². The molecule has 1 aliphatic rings. The maximum absolute atomic E-state index is 5.74. The number of benzene rings is 1. The van der Waals surface area contributed by atoms with Crippen LogP contribution >= 0.6 is 0 Å². The van der Waals surface area contributed by atoms with Gasteiger partial charge in [-0.25, -0.2) is 4.98 Å². The summed E-state index contributed by atoms with van der Waals surface area (Å²) in [6.45, 7) is 7.07. The molecule has 2 aromatic rings. The van der Waals surface area contributed by atoms with Crippen LogP contribution in [0.3, 0.4) is 0 Å². The quantitative estimate of drug-likeness (QED) is 0.854. The van der Waals surface area contributed by atoms with Crippen molar-refractivity contribution in [2.24, 2.45) is 0 Å². The first kappa shape index (κ1) is 11.8. The van der Waals surface area contributed by atoms with Crippen LogP contribution in [0.5, 0.6) is 5.75 Å². The van der Waals surface area contributed by atoms with Crippen molar-refractivity contribution in [1.82, 2.24) is 9.55 Å². The largest absolute Gasteiger partial charge is 0.491 e. The third kappa shape index (κ3) is 2.10. The van der Waals surface area contributed by atoms with E-state index in [4.69, 9.17) is 4.74 Å². The average Bonchev–Trinajstić information content (AvgIpc) is 2.99. The van der Waals surface area contributed by atoms with Crippen LogP contribution in [0.1, 0.15) is 17.3 Å². The maximum Gasteiger partial charge on any atom is 0.204 e. The summed E-state index contributed by atoms with van der Waals surface area (Å²) in [6, 6.07) is 8.35. The second kappa shape index (κ2) is 4.80. The Morgan fingerprint density at radius 3 is 3.21 bits per heavy atom. The number of imidazole rings is 1. The third-order valence-electron chi connectivity index (χ3n) is 3.27. The van der Waals surface area contributed by atoms with E-state index in [2.05, 4.69) is 33.7 Å². The molecule has 1 N–H and O–H groups in total. The molecule has 1 atom stereocenters. The van der Waals surface area contributed by atoms with Crippen molar-refractivity contribution in [1.29, 1.82) is 0 Å². The van der Waals surface area contributed by atoms with Gasteiger partial charge >= 0.3 is 0 Å². The van der Waals surface area contributed by atoms with Crippen LogP contribution in [0.4, 0.5) is 5.95 Å². The zero-order valence-corrected chi connectivity index (χ0v) is 11.0. The molecular formula is C15H17N3O. The van der Waals surface area contributed by atoms with Crippen LogP contribution in [-0.2, 0) is 0 Å². The molecule has 1 aromatic heterocycles. The zero-order chi connectivity index (χ0) is 13.2. The number of nitrogens with zero attached hydrogens (tertiary/aromatic N) is 2. The molecule has 0 spiro atoms. The highest BCUT2D eigenvalue weighted by molar-refractivity contribution is 5.42. The van der Waals surface area contributed by atoms with E-state index < -0.39 is 0 Å². The summed E-state index contributed by atoms with van der Waals surface area (Å²) in [7, 11) is 0. The highest BCUT2D eigenvalue weighted by Crippen LogP contribution is 2.36. The Bertz CT molecular complexity index is 603. The lowest BCUT2D eigenvalue weighted by Gasteiger charge is -2.14. The van der Waals surface area contributed by atoms with Gasteiger partial charge in [0.05, 0.1) is 11.7 Å². The molecule has 3 rings (SSSR count). The third-order valence-corrected chi connectivity index (χ3v) is 3.27. The molecule has 4 nitrogen and oxygen atoms in total. The molecule has 2 heterocycles. The van der Waals surface area contributed by atoms with E-state index in [1.54, 1.807) is 0 Å². The molecule has 0 amide bonds. The van der Waals surface area contributed by atoms with Crippen molar-refractivity contribution < 1.29 is 4.74 Å². The highest BCUT2D eigenvalue weighted by Gasteiger charge is 2.27. The number of hydrogen-bond acceptors (Lipinski definition) is 3. The Hall–Kier alpha value is -2.23. The molecule has 19 heavy (non-hydrogen) atoms. The lowest BCUT2D eigenvalue weighted by Crippen LogP contribution is -2.15. The fourth-order valence-electron chi connectivity index (χ4n) is 2.42. The van der Waals surface area contributed by atoms with Gasteiger partial charge in [-0.05, 0) is 13.0 Å². The van der Waals surface area contributed by atoms with Crippen molar-refractivity contribution in [3.63, 3.8) is 0 Å². The second-order valence-electron chi connectivity index (χ2n) is 4.65. The van der Waals surface area contributed by atoms with Gasteiger partial charge in [-0.15, -0.1) is 6.58 Å². The fourth-order valence-corrected chi connectivity index (χ4v) is 2.42. The van der Waals surface area contributed by atoms with E-state index in [9.17, 15) is 0 Å². The van der Waals surface area contributed by atoms with Crippen LogP contribution in [-0.4, -0.2) is 22.7 Å². The smallest absolute Gasteiger partial charge is 0.204 e. The molecule has 0 aliphatic carbocycles. The second-order valence-corrected chi connectivity index (χ2v) is 4.65. The lowest BCUT2D eigenvalue weighted by atomic mass is 10.1. The van der Waals surface area contributed by atoms with Crippen LogP contribution in [0, 0.1) is 6.92 Å². The van der Waals surface area contributed by atoms with Gasteiger partial charge in [0.2, 0.25) is 5.95 Å². The first-order valence-corrected chi connectivity index (χ1v) is 6.41. The SMILES string of the molecule is C=CCNc1nc(C)cn1C1COc2ccccc21. The number of ether oxygens (including phenoxy) is 1. The predicted octanol–water partition coefficient (Wildman–Crippen LogP) is 2.77. The Morgan fingerprint density at radius 2 is 2.37 bits per heavy atom. The summed E-state index contributed by atoms with van der Waals surface area (Å²) < 4.78 is 7.88. The van der Waals surface area contributed by atoms with Crippen LogP contribution in [0.25, 0.3) is 0 Å². The molecule has 1 unspecified atom stereocenters. The number of aryl methyl sites for hydroxylation is 1. The number of anilines is 1. The minimum absolute atomic E-state index is 0.185. The summed E-state index contributed by atoms with van der Waals surface area (Å²) in [4.78, 5) is 4.51. The van der Waals surface area contributed by atoms with Crippen LogP contribution in [0.2, 0.25) is 0 Å². The molecule has 1 aromatic carbocycles. The minimum Gasteiger partial charge on any atom is -0.491 e. The van der Waals surface area contributed by atoms with E-state index in [0.29, 0.717) is 13.2 Å². The molecule has 1 aliphatic heterocycles. The first-order chi connectivity index (χ1) is 9.29. The Morgan fingerprint density at radius 1 is 1.53 bits per heavy atom. The van der Waals surface area contributed by atoms with Crippen LogP contribution in [0.15, 0.2) is 43.1 Å². The molecule has 0 saturated heterocycles. The molecule has 0 radical (unpaired) electrons. The maximum atomic E-state index is 5.74. The highest BCUT2D eigenvalue weighted by atomic mass is 16.5. The van der Waals surface area contributed by atoms with Gasteiger partial charge in [0.1, 0.15) is 12.4 Å². The normalized spacial score (nSPS) is 16.8. The van der Waals surface area contributed by atoms with Gasteiger partial charge in [0, 0.05) is 18.3 Å². The van der Waals surface area contributed by atoms with Gasteiger partial charge in [-0.3, -0.25) is 0 Å². The number of rotatable bonds is 4.